The summed E-state index contributed by atoms with van der Waals surface area (Å²) in [6.45, 7) is 4.25. The van der Waals surface area contributed by atoms with Crippen molar-refractivity contribution < 1.29 is 4.74 Å². The Morgan fingerprint density at radius 2 is 2.00 bits per heavy atom. The van der Waals surface area contributed by atoms with Gasteiger partial charge in [0, 0.05) is 55.4 Å². The lowest BCUT2D eigenvalue weighted by Gasteiger charge is -2.57. The number of hydrogen-bond acceptors (Lipinski definition) is 4. The van der Waals surface area contributed by atoms with Crippen molar-refractivity contribution in [2.45, 2.75) is 70.1 Å². The molecule has 1 N–H and O–H groups in total. The number of piperidine rings is 1. The average molecular weight is 341 g/mol. The van der Waals surface area contributed by atoms with Crippen LogP contribution in [0.5, 0.6) is 0 Å². The van der Waals surface area contributed by atoms with Gasteiger partial charge in [0.2, 0.25) is 0 Å². The zero-order chi connectivity index (χ0) is 16.7. The van der Waals surface area contributed by atoms with Gasteiger partial charge in [0.05, 0.1) is 6.10 Å². The van der Waals surface area contributed by atoms with Crippen LogP contribution >= 0.6 is 0 Å². The molecule has 4 nitrogen and oxygen atoms in total. The topological polar surface area (TPSA) is 37.4 Å². The minimum Gasteiger partial charge on any atom is -0.377 e. The molecule has 4 fully saturated rings. The minimum absolute atomic E-state index is 0.439. The Kier molecular flexibility index (Phi) is 4.21. The van der Waals surface area contributed by atoms with Crippen LogP contribution in [0.15, 0.2) is 18.3 Å². The number of pyridine rings is 1. The van der Waals surface area contributed by atoms with E-state index in [0.29, 0.717) is 17.6 Å². The van der Waals surface area contributed by atoms with Crippen LogP contribution in [0, 0.1) is 11.3 Å². The molecule has 0 amide bonds. The van der Waals surface area contributed by atoms with Gasteiger partial charge < -0.3 is 15.0 Å². The summed E-state index contributed by atoms with van der Waals surface area (Å²) in [5, 5.41) is 3.97. The highest BCUT2D eigenvalue weighted by Crippen LogP contribution is 2.60. The van der Waals surface area contributed by atoms with Gasteiger partial charge in [-0.05, 0) is 44.6 Å². The molecule has 5 rings (SSSR count). The van der Waals surface area contributed by atoms with Gasteiger partial charge in [-0.2, -0.15) is 0 Å². The van der Waals surface area contributed by atoms with E-state index in [0.717, 1.165) is 32.2 Å². The van der Waals surface area contributed by atoms with E-state index in [9.17, 15) is 0 Å². The van der Waals surface area contributed by atoms with Crippen LogP contribution in [0.3, 0.4) is 0 Å². The SMILES string of the molecule is c1cnc(N2CCCCC2)c(CN[C@@H]2[C@@H]3CCO[C@H]3C23CCCC3)c1. The Morgan fingerprint density at radius 1 is 1.16 bits per heavy atom. The summed E-state index contributed by atoms with van der Waals surface area (Å²) in [6.07, 6.45) is 13.2. The predicted molar refractivity (Wildman–Crippen MR) is 99.7 cm³/mol. The summed E-state index contributed by atoms with van der Waals surface area (Å²) in [7, 11) is 0. The first-order chi connectivity index (χ1) is 12.4. The number of aromatic nitrogens is 1. The molecule has 1 aromatic rings. The Labute approximate surface area is 151 Å². The minimum atomic E-state index is 0.439. The molecule has 0 radical (unpaired) electrons. The molecular formula is C21H31N3O. The molecule has 1 spiro atoms. The maximum atomic E-state index is 6.13. The Balaban J connectivity index is 1.31. The second-order valence-corrected chi connectivity index (χ2v) is 8.58. The third-order valence-electron chi connectivity index (χ3n) is 7.32. The number of anilines is 1. The third-order valence-corrected chi connectivity index (χ3v) is 7.32. The molecule has 1 aromatic heterocycles. The molecule has 0 unspecified atom stereocenters. The van der Waals surface area contributed by atoms with E-state index in [1.807, 2.05) is 6.20 Å². The largest absolute Gasteiger partial charge is 0.377 e. The summed E-state index contributed by atoms with van der Waals surface area (Å²) in [5.41, 5.74) is 1.81. The highest BCUT2D eigenvalue weighted by Gasteiger charge is 2.64. The van der Waals surface area contributed by atoms with Gasteiger partial charge in [0.25, 0.3) is 0 Å². The molecule has 2 saturated carbocycles. The number of ether oxygens (including phenoxy) is 1. The van der Waals surface area contributed by atoms with Crippen molar-refractivity contribution in [1.82, 2.24) is 10.3 Å². The summed E-state index contributed by atoms with van der Waals surface area (Å²) >= 11 is 0. The first-order valence-corrected chi connectivity index (χ1v) is 10.4. The van der Waals surface area contributed by atoms with Crippen LogP contribution in [-0.4, -0.2) is 36.8 Å². The summed E-state index contributed by atoms with van der Waals surface area (Å²) in [4.78, 5) is 7.24. The second-order valence-electron chi connectivity index (χ2n) is 8.58. The van der Waals surface area contributed by atoms with E-state index in [-0.39, 0.29) is 0 Å². The molecule has 2 aliphatic carbocycles. The molecule has 4 heteroatoms. The van der Waals surface area contributed by atoms with Gasteiger partial charge in [-0.15, -0.1) is 0 Å². The van der Waals surface area contributed by atoms with Crippen LogP contribution in [0.2, 0.25) is 0 Å². The molecule has 3 atom stereocenters. The molecular weight excluding hydrogens is 310 g/mol. The van der Waals surface area contributed by atoms with E-state index in [4.69, 9.17) is 9.72 Å². The smallest absolute Gasteiger partial charge is 0.133 e. The number of fused-ring (bicyclic) bond motifs is 2. The van der Waals surface area contributed by atoms with Gasteiger partial charge in [-0.25, -0.2) is 4.98 Å². The van der Waals surface area contributed by atoms with Gasteiger partial charge in [-0.3, -0.25) is 0 Å². The fraction of sp³-hybridized carbons (Fsp3) is 0.762. The Hall–Kier alpha value is -1.13. The quantitative estimate of drug-likeness (QED) is 0.909. The highest BCUT2D eigenvalue weighted by molar-refractivity contribution is 5.47. The normalized spacial score (nSPS) is 33.4. The molecule has 136 valence electrons. The molecule has 2 aliphatic heterocycles. The maximum absolute atomic E-state index is 6.13. The maximum Gasteiger partial charge on any atom is 0.133 e. The van der Waals surface area contributed by atoms with E-state index in [1.165, 1.54) is 62.7 Å². The van der Waals surface area contributed by atoms with Gasteiger partial charge >= 0.3 is 0 Å². The van der Waals surface area contributed by atoms with Crippen molar-refractivity contribution in [3.05, 3.63) is 23.9 Å². The van der Waals surface area contributed by atoms with Crippen LogP contribution in [-0.2, 0) is 11.3 Å². The average Bonchev–Trinajstić information content (AvgIpc) is 3.32. The lowest BCUT2D eigenvalue weighted by Crippen LogP contribution is -2.67. The van der Waals surface area contributed by atoms with E-state index < -0.39 is 0 Å². The molecule has 2 saturated heterocycles. The van der Waals surface area contributed by atoms with Crippen molar-refractivity contribution in [3.63, 3.8) is 0 Å². The monoisotopic (exact) mass is 341 g/mol. The van der Waals surface area contributed by atoms with Crippen LogP contribution in [0.4, 0.5) is 5.82 Å². The zero-order valence-electron chi connectivity index (χ0n) is 15.3. The molecule has 4 aliphatic rings. The second kappa shape index (κ2) is 6.55. The number of nitrogens with one attached hydrogen (secondary N) is 1. The highest BCUT2D eigenvalue weighted by atomic mass is 16.5. The van der Waals surface area contributed by atoms with Gasteiger partial charge in [-0.1, -0.05) is 18.9 Å². The first-order valence-electron chi connectivity index (χ1n) is 10.4. The summed E-state index contributed by atoms with van der Waals surface area (Å²) in [6, 6.07) is 5.02. The number of nitrogens with zero attached hydrogens (tertiary/aromatic N) is 2. The standard InChI is InChI=1S/C21H31N3O/c1-4-12-24(13-5-1)20-16(7-6-11-22-20)15-23-18-17-8-14-25-19(17)21(18)9-2-3-10-21/h6-7,11,17-19,23H,1-5,8-10,12-15H2/t17-,18+,19+/m0/s1. The zero-order valence-corrected chi connectivity index (χ0v) is 15.3. The third kappa shape index (κ3) is 2.60. The predicted octanol–water partition coefficient (Wildman–Crippen LogP) is 3.51. The fourth-order valence-corrected chi connectivity index (χ4v) is 6.19. The number of hydrogen-bond donors (Lipinski definition) is 1. The van der Waals surface area contributed by atoms with Crippen molar-refractivity contribution in [3.8, 4) is 0 Å². The summed E-state index contributed by atoms with van der Waals surface area (Å²) in [5.74, 6) is 1.96. The van der Waals surface area contributed by atoms with Crippen molar-refractivity contribution in [2.24, 2.45) is 11.3 Å². The molecule has 0 bridgehead atoms. The van der Waals surface area contributed by atoms with E-state index in [1.54, 1.807) is 0 Å². The van der Waals surface area contributed by atoms with Crippen molar-refractivity contribution >= 4 is 5.82 Å². The van der Waals surface area contributed by atoms with Crippen molar-refractivity contribution in [2.75, 3.05) is 24.6 Å². The molecule has 0 aromatic carbocycles. The Bertz CT molecular complexity index is 607. The molecule has 3 heterocycles. The van der Waals surface area contributed by atoms with Crippen LogP contribution in [0.25, 0.3) is 0 Å². The van der Waals surface area contributed by atoms with Crippen molar-refractivity contribution in [1.29, 1.82) is 0 Å². The lowest BCUT2D eigenvalue weighted by molar-refractivity contribution is -0.130. The fourth-order valence-electron chi connectivity index (χ4n) is 6.19. The van der Waals surface area contributed by atoms with Gasteiger partial charge in [0.15, 0.2) is 0 Å². The number of rotatable bonds is 4. The first kappa shape index (κ1) is 16.1. The lowest BCUT2D eigenvalue weighted by atomic mass is 9.54. The van der Waals surface area contributed by atoms with Crippen LogP contribution < -0.4 is 10.2 Å². The van der Waals surface area contributed by atoms with E-state index >= 15 is 0 Å². The Morgan fingerprint density at radius 3 is 2.84 bits per heavy atom. The van der Waals surface area contributed by atoms with E-state index in [2.05, 4.69) is 22.3 Å². The molecule has 25 heavy (non-hydrogen) atoms. The van der Waals surface area contributed by atoms with Gasteiger partial charge in [0.1, 0.15) is 5.82 Å². The van der Waals surface area contributed by atoms with Crippen LogP contribution in [0.1, 0.15) is 56.9 Å². The summed E-state index contributed by atoms with van der Waals surface area (Å²) < 4.78 is 6.13.